The lowest BCUT2D eigenvalue weighted by Gasteiger charge is -2.42. The number of aromatic nitrogens is 1. The second-order valence-electron chi connectivity index (χ2n) is 7.07. The summed E-state index contributed by atoms with van der Waals surface area (Å²) < 4.78 is 0. The molecule has 21 heavy (non-hydrogen) atoms. The largest absolute Gasteiger partial charge is 0.314 e. The van der Waals surface area contributed by atoms with Crippen molar-refractivity contribution < 1.29 is 0 Å². The number of likely N-dealkylation sites (N-methyl/N-ethyl adjacent to an activating group) is 1. The average Bonchev–Trinajstić information content (AvgIpc) is 2.55. The third-order valence-corrected chi connectivity index (χ3v) is 5.77. The standard InChI is InChI=1S/C19H30N2/c1-2-20-19(14-18-9-5-6-12-21-18)17-11-10-15-7-3-4-8-16(15)13-17/h5-6,9,12,15-17,19-20H,2-4,7-8,10-11,13-14H2,1H3. The molecule has 4 atom stereocenters. The second kappa shape index (κ2) is 7.40. The fourth-order valence-corrected chi connectivity index (χ4v) is 4.69. The summed E-state index contributed by atoms with van der Waals surface area (Å²) >= 11 is 0. The van der Waals surface area contributed by atoms with Crippen molar-refractivity contribution in [2.24, 2.45) is 17.8 Å². The molecule has 4 unspecified atom stereocenters. The molecular formula is C19H30N2. The number of hydrogen-bond acceptors (Lipinski definition) is 2. The highest BCUT2D eigenvalue weighted by Crippen LogP contribution is 2.43. The maximum atomic E-state index is 4.54. The van der Waals surface area contributed by atoms with E-state index in [2.05, 4.69) is 29.4 Å². The van der Waals surface area contributed by atoms with Gasteiger partial charge in [0, 0.05) is 24.4 Å². The topological polar surface area (TPSA) is 24.9 Å². The molecule has 2 heteroatoms. The molecule has 1 aromatic heterocycles. The van der Waals surface area contributed by atoms with Crippen LogP contribution in [-0.4, -0.2) is 17.6 Å². The molecule has 0 aliphatic heterocycles. The number of hydrogen-bond donors (Lipinski definition) is 1. The maximum absolute atomic E-state index is 4.54. The van der Waals surface area contributed by atoms with Gasteiger partial charge in [-0.15, -0.1) is 0 Å². The normalized spacial score (nSPS) is 30.6. The minimum absolute atomic E-state index is 0.618. The molecule has 0 amide bonds. The van der Waals surface area contributed by atoms with Crippen LogP contribution in [0.1, 0.15) is 57.6 Å². The first-order valence-corrected chi connectivity index (χ1v) is 9.00. The van der Waals surface area contributed by atoms with Gasteiger partial charge >= 0.3 is 0 Å². The van der Waals surface area contributed by atoms with E-state index in [4.69, 9.17) is 0 Å². The minimum atomic E-state index is 0.618. The van der Waals surface area contributed by atoms with Gasteiger partial charge in [0.2, 0.25) is 0 Å². The Hall–Kier alpha value is -0.890. The number of nitrogens with one attached hydrogen (secondary N) is 1. The Morgan fingerprint density at radius 3 is 2.76 bits per heavy atom. The summed E-state index contributed by atoms with van der Waals surface area (Å²) in [7, 11) is 0. The van der Waals surface area contributed by atoms with Gasteiger partial charge < -0.3 is 5.32 Å². The van der Waals surface area contributed by atoms with Crippen molar-refractivity contribution in [2.75, 3.05) is 6.54 Å². The summed E-state index contributed by atoms with van der Waals surface area (Å²) in [6.45, 7) is 3.31. The van der Waals surface area contributed by atoms with Crippen molar-refractivity contribution in [3.63, 3.8) is 0 Å². The van der Waals surface area contributed by atoms with Gasteiger partial charge in [-0.3, -0.25) is 4.98 Å². The molecule has 0 radical (unpaired) electrons. The van der Waals surface area contributed by atoms with Crippen LogP contribution in [0.3, 0.4) is 0 Å². The quantitative estimate of drug-likeness (QED) is 0.877. The highest BCUT2D eigenvalue weighted by molar-refractivity contribution is 5.06. The van der Waals surface area contributed by atoms with E-state index in [1.807, 2.05) is 12.3 Å². The highest BCUT2D eigenvalue weighted by atomic mass is 14.9. The summed E-state index contributed by atoms with van der Waals surface area (Å²) in [5, 5.41) is 3.76. The molecule has 0 spiro atoms. The predicted molar refractivity (Wildman–Crippen MR) is 88.2 cm³/mol. The fourth-order valence-electron chi connectivity index (χ4n) is 4.69. The molecule has 2 aliphatic carbocycles. The second-order valence-corrected chi connectivity index (χ2v) is 7.07. The van der Waals surface area contributed by atoms with E-state index in [1.54, 1.807) is 0 Å². The van der Waals surface area contributed by atoms with Crippen LogP contribution in [0.15, 0.2) is 24.4 Å². The zero-order chi connectivity index (χ0) is 14.5. The van der Waals surface area contributed by atoms with Crippen LogP contribution >= 0.6 is 0 Å². The van der Waals surface area contributed by atoms with E-state index < -0.39 is 0 Å². The number of rotatable bonds is 5. The Kier molecular flexibility index (Phi) is 5.29. The Labute approximate surface area is 129 Å². The number of pyridine rings is 1. The van der Waals surface area contributed by atoms with E-state index in [9.17, 15) is 0 Å². The molecule has 2 nitrogen and oxygen atoms in total. The van der Waals surface area contributed by atoms with Crippen LogP contribution in [0, 0.1) is 17.8 Å². The average molecular weight is 286 g/mol. The van der Waals surface area contributed by atoms with Crippen LogP contribution < -0.4 is 5.32 Å². The van der Waals surface area contributed by atoms with Crippen LogP contribution in [0.2, 0.25) is 0 Å². The lowest BCUT2D eigenvalue weighted by molar-refractivity contribution is 0.109. The van der Waals surface area contributed by atoms with E-state index in [1.165, 1.54) is 50.6 Å². The van der Waals surface area contributed by atoms with Crippen LogP contribution in [0.5, 0.6) is 0 Å². The van der Waals surface area contributed by atoms with E-state index >= 15 is 0 Å². The molecule has 3 rings (SSSR count). The zero-order valence-corrected chi connectivity index (χ0v) is 13.4. The van der Waals surface area contributed by atoms with Gasteiger partial charge in [0.1, 0.15) is 0 Å². The molecule has 1 N–H and O–H groups in total. The molecule has 2 aliphatic rings. The van der Waals surface area contributed by atoms with E-state index in [0.29, 0.717) is 6.04 Å². The van der Waals surface area contributed by atoms with Gasteiger partial charge in [-0.2, -0.15) is 0 Å². The molecule has 116 valence electrons. The third-order valence-electron chi connectivity index (χ3n) is 5.77. The minimum Gasteiger partial charge on any atom is -0.314 e. The maximum Gasteiger partial charge on any atom is 0.0419 e. The highest BCUT2D eigenvalue weighted by Gasteiger charge is 2.35. The van der Waals surface area contributed by atoms with Crippen molar-refractivity contribution in [1.29, 1.82) is 0 Å². The molecule has 0 aromatic carbocycles. The molecule has 2 saturated carbocycles. The van der Waals surface area contributed by atoms with E-state index in [0.717, 1.165) is 30.7 Å². The summed E-state index contributed by atoms with van der Waals surface area (Å²) in [6, 6.07) is 6.92. The van der Waals surface area contributed by atoms with Crippen LogP contribution in [0.25, 0.3) is 0 Å². The summed E-state index contributed by atoms with van der Waals surface area (Å²) in [5.74, 6) is 2.92. The van der Waals surface area contributed by atoms with Gasteiger partial charge in [-0.1, -0.05) is 38.7 Å². The Morgan fingerprint density at radius 1 is 1.14 bits per heavy atom. The van der Waals surface area contributed by atoms with Crippen molar-refractivity contribution >= 4 is 0 Å². The summed E-state index contributed by atoms with van der Waals surface area (Å²) in [5.41, 5.74) is 1.24. The Balaban J connectivity index is 1.63. The summed E-state index contributed by atoms with van der Waals surface area (Å²) in [4.78, 5) is 4.54. The molecule has 0 saturated heterocycles. The van der Waals surface area contributed by atoms with E-state index in [-0.39, 0.29) is 0 Å². The third kappa shape index (κ3) is 3.85. The van der Waals surface area contributed by atoms with Gasteiger partial charge in [0.15, 0.2) is 0 Å². The first-order valence-electron chi connectivity index (χ1n) is 9.00. The lowest BCUT2D eigenvalue weighted by atomic mass is 9.65. The van der Waals surface area contributed by atoms with Gasteiger partial charge in [0.05, 0.1) is 0 Å². The Bertz CT molecular complexity index is 417. The number of nitrogens with zero attached hydrogens (tertiary/aromatic N) is 1. The van der Waals surface area contributed by atoms with Crippen molar-refractivity contribution in [3.05, 3.63) is 30.1 Å². The SMILES string of the molecule is CCNC(Cc1ccccn1)C1CCC2CCCCC2C1. The molecule has 0 bridgehead atoms. The lowest BCUT2D eigenvalue weighted by Crippen LogP contribution is -2.42. The molecular weight excluding hydrogens is 256 g/mol. The summed E-state index contributed by atoms with van der Waals surface area (Å²) in [6.07, 6.45) is 13.3. The number of fused-ring (bicyclic) bond motifs is 1. The monoisotopic (exact) mass is 286 g/mol. The van der Waals surface area contributed by atoms with Crippen molar-refractivity contribution in [2.45, 2.75) is 64.3 Å². The van der Waals surface area contributed by atoms with Crippen molar-refractivity contribution in [1.82, 2.24) is 10.3 Å². The van der Waals surface area contributed by atoms with Gasteiger partial charge in [-0.25, -0.2) is 0 Å². The smallest absolute Gasteiger partial charge is 0.0419 e. The first-order chi connectivity index (χ1) is 10.4. The fraction of sp³-hybridized carbons (Fsp3) is 0.737. The van der Waals surface area contributed by atoms with Crippen LogP contribution in [0.4, 0.5) is 0 Å². The molecule has 1 aromatic rings. The molecule has 1 heterocycles. The molecule has 2 fully saturated rings. The van der Waals surface area contributed by atoms with Crippen LogP contribution in [-0.2, 0) is 6.42 Å². The Morgan fingerprint density at radius 2 is 2.00 bits per heavy atom. The zero-order valence-electron chi connectivity index (χ0n) is 13.4. The predicted octanol–water partition coefficient (Wildman–Crippen LogP) is 4.21. The van der Waals surface area contributed by atoms with Crippen molar-refractivity contribution in [3.8, 4) is 0 Å². The van der Waals surface area contributed by atoms with Gasteiger partial charge in [0.25, 0.3) is 0 Å². The first kappa shape index (κ1) is 15.0. The van der Waals surface area contributed by atoms with Gasteiger partial charge in [-0.05, 0) is 55.7 Å².